The van der Waals surface area contributed by atoms with Crippen LogP contribution in [0.5, 0.6) is 0 Å². The Labute approximate surface area is 340 Å². The number of imide groups is 2. The van der Waals surface area contributed by atoms with Gasteiger partial charge in [0.1, 0.15) is 11.4 Å². The van der Waals surface area contributed by atoms with Crippen molar-refractivity contribution in [2.45, 2.75) is 77.0 Å². The van der Waals surface area contributed by atoms with Gasteiger partial charge in [0.2, 0.25) is 0 Å². The van der Waals surface area contributed by atoms with E-state index < -0.39 is 0 Å². The highest BCUT2D eigenvalue weighted by atomic mass is 16.2. The summed E-state index contributed by atoms with van der Waals surface area (Å²) in [5.74, 6) is -0.936. The Kier molecular flexibility index (Phi) is 10.7. The number of nitrogens with one attached hydrogen (secondary N) is 2. The molecule has 2 N–H and O–H groups in total. The van der Waals surface area contributed by atoms with Crippen molar-refractivity contribution < 1.29 is 19.2 Å². The number of H-pyrrole nitrogens is 2. The van der Waals surface area contributed by atoms with Crippen molar-refractivity contribution in [2.24, 2.45) is 0 Å². The third-order valence-electron chi connectivity index (χ3n) is 13.2. The van der Waals surface area contributed by atoms with Gasteiger partial charge in [-0.3, -0.25) is 29.0 Å². The maximum Gasteiger partial charge on any atom is 0.277 e. The van der Waals surface area contributed by atoms with Crippen molar-refractivity contribution in [3.05, 3.63) is 82.4 Å². The molecule has 0 spiro atoms. The van der Waals surface area contributed by atoms with Crippen LogP contribution >= 0.6 is 0 Å². The predicted octanol–water partition coefficient (Wildman–Crippen LogP) is 5.92. The normalized spacial score (nSPS) is 23.6. The number of piperazine rings is 2. The molecular weight excluding hydrogens is 729 g/mol. The summed E-state index contributed by atoms with van der Waals surface area (Å²) in [5, 5.41) is 6.69. The monoisotopic (exact) mass is 784 g/mol. The number of aromatic amines is 2. The number of hydrogen-bond donors (Lipinski definition) is 2. The number of fused-ring (bicyclic) bond motifs is 4. The summed E-state index contributed by atoms with van der Waals surface area (Å²) in [7, 11) is 3.21. The van der Waals surface area contributed by atoms with Gasteiger partial charge in [0.25, 0.3) is 23.6 Å². The van der Waals surface area contributed by atoms with Crippen LogP contribution in [0.3, 0.4) is 0 Å². The van der Waals surface area contributed by atoms with E-state index in [1.54, 1.807) is 14.1 Å². The van der Waals surface area contributed by atoms with Crippen LogP contribution in [0.1, 0.15) is 86.7 Å². The van der Waals surface area contributed by atoms with E-state index in [2.05, 4.69) is 54.1 Å². The lowest BCUT2D eigenvalue weighted by Crippen LogP contribution is -2.59. The number of para-hydroxylation sites is 2. The molecule has 12 heteroatoms. The van der Waals surface area contributed by atoms with E-state index in [0.717, 1.165) is 82.8 Å². The fourth-order valence-corrected chi connectivity index (χ4v) is 10.1. The fraction of sp³-hybridized carbons (Fsp3) is 0.478. The van der Waals surface area contributed by atoms with Gasteiger partial charge in [0.15, 0.2) is 0 Å². The lowest BCUT2D eigenvalue weighted by atomic mass is 9.96. The van der Waals surface area contributed by atoms with Gasteiger partial charge >= 0.3 is 0 Å². The van der Waals surface area contributed by atoms with E-state index >= 15 is 0 Å². The van der Waals surface area contributed by atoms with E-state index in [0.29, 0.717) is 74.9 Å². The van der Waals surface area contributed by atoms with Crippen LogP contribution in [0.4, 0.5) is 0 Å². The first-order valence-corrected chi connectivity index (χ1v) is 21.6. The number of hydrogen-bond acceptors (Lipinski definition) is 8. The number of hydrazine groups is 1. The summed E-state index contributed by atoms with van der Waals surface area (Å²) in [5.41, 5.74) is 7.93. The van der Waals surface area contributed by atoms with Crippen molar-refractivity contribution in [3.63, 3.8) is 0 Å². The SMILES string of the molecule is CN1C(=O)C2=C(C1=O)N1CCN(CC1)N1CCN(CC1)C1=C(C(=O)N(C)C1=O)c1c([nH]c3ccccc13)CCCCCCCCCCCCc1[nH]c3ccccc3c12. The van der Waals surface area contributed by atoms with Gasteiger partial charge in [-0.1, -0.05) is 87.8 Å². The van der Waals surface area contributed by atoms with E-state index in [9.17, 15) is 19.2 Å². The second-order valence-electron chi connectivity index (χ2n) is 16.8. The lowest BCUT2D eigenvalue weighted by molar-refractivity contribution is -0.138. The molecule has 4 amide bonds. The largest absolute Gasteiger partial charge is 0.364 e. The minimum Gasteiger partial charge on any atom is -0.364 e. The fourth-order valence-electron chi connectivity index (χ4n) is 10.1. The van der Waals surface area contributed by atoms with Gasteiger partial charge in [-0.2, -0.15) is 0 Å². The highest BCUT2D eigenvalue weighted by molar-refractivity contribution is 6.38. The van der Waals surface area contributed by atoms with Gasteiger partial charge in [-0.05, 0) is 37.8 Å². The second-order valence-corrected chi connectivity index (χ2v) is 16.8. The van der Waals surface area contributed by atoms with Crippen molar-refractivity contribution in [1.82, 2.24) is 39.6 Å². The first-order valence-electron chi connectivity index (χ1n) is 21.6. The van der Waals surface area contributed by atoms with E-state index in [1.165, 1.54) is 48.3 Å². The first-order chi connectivity index (χ1) is 28.3. The summed E-state index contributed by atoms with van der Waals surface area (Å²) in [6, 6.07) is 16.3. The molecule has 2 aromatic heterocycles. The highest BCUT2D eigenvalue weighted by Gasteiger charge is 2.44. The average molecular weight is 785 g/mol. The quantitative estimate of drug-likeness (QED) is 0.211. The van der Waals surface area contributed by atoms with Gasteiger partial charge in [0, 0.05) is 111 Å². The zero-order valence-corrected chi connectivity index (χ0v) is 34.1. The first kappa shape index (κ1) is 38.3. The molecule has 0 saturated carbocycles. The highest BCUT2D eigenvalue weighted by Crippen LogP contribution is 2.40. The smallest absolute Gasteiger partial charge is 0.277 e. The van der Waals surface area contributed by atoms with Gasteiger partial charge < -0.3 is 19.8 Å². The molecule has 0 radical (unpaired) electrons. The maximum atomic E-state index is 14.0. The zero-order valence-electron chi connectivity index (χ0n) is 34.1. The Morgan fingerprint density at radius 3 is 1.16 bits per heavy atom. The summed E-state index contributed by atoms with van der Waals surface area (Å²) in [4.78, 5) is 70.0. The zero-order chi connectivity index (χ0) is 39.9. The molecule has 9 heterocycles. The molecule has 12 nitrogen and oxygen atoms in total. The molecule has 304 valence electrons. The lowest BCUT2D eigenvalue weighted by Gasteiger charge is -2.45. The molecular formula is C46H56N8O4. The van der Waals surface area contributed by atoms with Crippen LogP contribution in [0, 0.1) is 0 Å². The third-order valence-corrected chi connectivity index (χ3v) is 13.2. The summed E-state index contributed by atoms with van der Waals surface area (Å²) < 4.78 is 0. The predicted molar refractivity (Wildman–Crippen MR) is 226 cm³/mol. The Morgan fingerprint density at radius 2 is 0.776 bits per heavy atom. The van der Waals surface area contributed by atoms with Crippen LogP contribution in [-0.4, -0.2) is 130 Å². The Morgan fingerprint density at radius 1 is 0.431 bits per heavy atom. The topological polar surface area (TPSA) is 119 Å². The molecule has 2 saturated heterocycles. The molecule has 58 heavy (non-hydrogen) atoms. The summed E-state index contributed by atoms with van der Waals surface area (Å²) in [6.07, 6.45) is 13.2. The average Bonchev–Trinajstić information content (AvgIpc) is 3.92. The Hall–Kier alpha value is -5.20. The number of carbonyl (C=O) groups excluding carboxylic acids is 4. The van der Waals surface area contributed by atoms with Crippen LogP contribution in [0.25, 0.3) is 33.0 Å². The van der Waals surface area contributed by atoms with E-state index in [-0.39, 0.29) is 23.6 Å². The van der Waals surface area contributed by atoms with Gasteiger partial charge in [-0.25, -0.2) is 10.0 Å². The van der Waals surface area contributed by atoms with E-state index in [1.807, 2.05) is 24.3 Å². The molecule has 7 aliphatic rings. The molecule has 4 bridgehead atoms. The van der Waals surface area contributed by atoms with Crippen molar-refractivity contribution in [1.29, 1.82) is 0 Å². The van der Waals surface area contributed by atoms with Crippen LogP contribution < -0.4 is 0 Å². The number of nitrogens with zero attached hydrogens (tertiary/aromatic N) is 6. The molecule has 0 aliphatic carbocycles. The number of carbonyl (C=O) groups is 4. The number of rotatable bonds is 0. The van der Waals surface area contributed by atoms with Gasteiger partial charge in [0.05, 0.1) is 11.1 Å². The molecule has 2 aromatic carbocycles. The Bertz CT molecular complexity index is 2160. The molecule has 7 aliphatic heterocycles. The number of likely N-dealkylation sites (N-methyl/N-ethyl adjacent to an activating group) is 2. The third kappa shape index (κ3) is 6.83. The van der Waals surface area contributed by atoms with Crippen LogP contribution in [-0.2, 0) is 32.0 Å². The van der Waals surface area contributed by atoms with Gasteiger partial charge in [-0.15, -0.1) is 0 Å². The second kappa shape index (κ2) is 16.2. The summed E-state index contributed by atoms with van der Waals surface area (Å²) in [6.45, 7) is 5.26. The summed E-state index contributed by atoms with van der Waals surface area (Å²) >= 11 is 0. The standard InChI is InChI=1S/C46H56N8O4/c1-49-43(55)39-37-31-17-13-15-19-33(31)47-35(37)21-11-9-7-5-3-4-6-8-10-12-22-36-38(32-18-14-16-20-34(32)48-36)40-42(46(58)50(2)44(40)56)52-25-29-54(30-26-52)53-27-23-51(24-28-53)41(39)45(49)57/h13-20,47-48H,3-12,21-30H2,1-2H3. The van der Waals surface area contributed by atoms with Crippen molar-refractivity contribution in [2.75, 3.05) is 66.5 Å². The van der Waals surface area contributed by atoms with Crippen LogP contribution in [0.2, 0.25) is 0 Å². The minimum atomic E-state index is -0.235. The molecule has 4 aromatic rings. The Balaban J connectivity index is 1.01. The number of benzene rings is 2. The maximum absolute atomic E-state index is 14.0. The number of aryl methyl sites for hydroxylation is 2. The van der Waals surface area contributed by atoms with E-state index in [4.69, 9.17) is 0 Å². The molecule has 2 fully saturated rings. The van der Waals surface area contributed by atoms with Crippen LogP contribution in [0.15, 0.2) is 59.9 Å². The van der Waals surface area contributed by atoms with Crippen molar-refractivity contribution in [3.8, 4) is 0 Å². The molecule has 0 atom stereocenters. The molecule has 11 rings (SSSR count). The minimum absolute atomic E-state index is 0.233. The number of amides is 4. The number of aromatic nitrogens is 2. The van der Waals surface area contributed by atoms with Crippen molar-refractivity contribution >= 4 is 56.6 Å². The molecule has 0 unspecified atom stereocenters.